The van der Waals surface area contributed by atoms with Crippen LogP contribution in [0.15, 0.2) is 0 Å². The van der Waals surface area contributed by atoms with E-state index in [1.807, 2.05) is 20.8 Å². The molecule has 98 valence electrons. The van der Waals surface area contributed by atoms with Gasteiger partial charge >= 0.3 is 0 Å². The number of nitrogens with zero attached hydrogens (tertiary/aromatic N) is 1. The van der Waals surface area contributed by atoms with Gasteiger partial charge in [-0.1, -0.05) is 20.8 Å². The van der Waals surface area contributed by atoms with Crippen LogP contribution in [-0.2, 0) is 9.59 Å². The normalized spacial score (nSPS) is 22.9. The number of piperazine rings is 1. The molecule has 1 N–H and O–H groups in total. The van der Waals surface area contributed by atoms with Gasteiger partial charge in [-0.15, -0.1) is 0 Å². The molecule has 0 aromatic heterocycles. The highest BCUT2D eigenvalue weighted by Gasteiger charge is 2.38. The molecule has 2 atom stereocenters. The fraction of sp³-hybridized carbons (Fsp3) is 0.833. The molecule has 4 nitrogen and oxygen atoms in total. The molecule has 0 aromatic carbocycles. The highest BCUT2D eigenvalue weighted by molar-refractivity contribution is 7.99. The van der Waals surface area contributed by atoms with E-state index < -0.39 is 0 Å². The fourth-order valence-corrected chi connectivity index (χ4v) is 2.89. The Kier molecular flexibility index (Phi) is 5.31. The molecule has 0 spiro atoms. The van der Waals surface area contributed by atoms with E-state index >= 15 is 0 Å². The van der Waals surface area contributed by atoms with Crippen LogP contribution in [0.4, 0.5) is 0 Å². The van der Waals surface area contributed by atoms with Crippen molar-refractivity contribution in [2.45, 2.75) is 39.8 Å². The van der Waals surface area contributed by atoms with E-state index in [1.54, 1.807) is 16.7 Å². The maximum absolute atomic E-state index is 12.0. The summed E-state index contributed by atoms with van der Waals surface area (Å²) in [6, 6.07) is -0.199. The Balaban J connectivity index is 2.81. The smallest absolute Gasteiger partial charge is 0.243 e. The van der Waals surface area contributed by atoms with Crippen molar-refractivity contribution in [3.05, 3.63) is 0 Å². The maximum atomic E-state index is 12.0. The summed E-state index contributed by atoms with van der Waals surface area (Å²) in [5, 5.41) is 2.67. The van der Waals surface area contributed by atoms with E-state index in [0.29, 0.717) is 0 Å². The van der Waals surface area contributed by atoms with Crippen LogP contribution in [0.1, 0.15) is 27.7 Å². The molecule has 0 aromatic rings. The van der Waals surface area contributed by atoms with Crippen molar-refractivity contribution in [2.24, 2.45) is 5.92 Å². The number of amides is 2. The van der Waals surface area contributed by atoms with Crippen molar-refractivity contribution in [1.82, 2.24) is 10.2 Å². The van der Waals surface area contributed by atoms with Gasteiger partial charge in [-0.05, 0) is 18.6 Å². The van der Waals surface area contributed by atoms with Gasteiger partial charge in [0.1, 0.15) is 6.04 Å². The van der Waals surface area contributed by atoms with Crippen LogP contribution in [0, 0.1) is 5.92 Å². The number of carbonyl (C=O) groups is 2. The molecule has 5 heteroatoms. The molecule has 1 rings (SSSR count). The minimum Gasteiger partial charge on any atom is -0.345 e. The van der Waals surface area contributed by atoms with Gasteiger partial charge in [0.2, 0.25) is 11.8 Å². The Hall–Kier alpha value is -0.710. The van der Waals surface area contributed by atoms with E-state index in [0.717, 1.165) is 11.5 Å². The van der Waals surface area contributed by atoms with Gasteiger partial charge in [-0.3, -0.25) is 9.59 Å². The van der Waals surface area contributed by atoms with Gasteiger partial charge < -0.3 is 10.2 Å². The fourth-order valence-electron chi connectivity index (χ4n) is 2.15. The van der Waals surface area contributed by atoms with Crippen molar-refractivity contribution in [2.75, 3.05) is 18.1 Å². The summed E-state index contributed by atoms with van der Waals surface area (Å²) in [5.74, 6) is 2.08. The average Bonchev–Trinajstić information content (AvgIpc) is 2.28. The van der Waals surface area contributed by atoms with Crippen LogP contribution in [0.5, 0.6) is 0 Å². The van der Waals surface area contributed by atoms with Crippen LogP contribution in [0.2, 0.25) is 0 Å². The van der Waals surface area contributed by atoms with Crippen molar-refractivity contribution < 1.29 is 9.59 Å². The summed E-state index contributed by atoms with van der Waals surface area (Å²) in [6.07, 6.45) is 0. The van der Waals surface area contributed by atoms with E-state index in [4.69, 9.17) is 0 Å². The molecule has 0 saturated carbocycles. The predicted molar refractivity (Wildman–Crippen MR) is 70.9 cm³/mol. The quantitative estimate of drug-likeness (QED) is 0.803. The van der Waals surface area contributed by atoms with Gasteiger partial charge in [0, 0.05) is 11.8 Å². The monoisotopic (exact) mass is 258 g/mol. The molecule has 1 aliphatic rings. The van der Waals surface area contributed by atoms with Crippen molar-refractivity contribution in [1.29, 1.82) is 0 Å². The lowest BCUT2D eigenvalue weighted by Gasteiger charge is -2.41. The average molecular weight is 258 g/mol. The Morgan fingerprint density at radius 3 is 2.59 bits per heavy atom. The highest BCUT2D eigenvalue weighted by Crippen LogP contribution is 2.20. The molecule has 17 heavy (non-hydrogen) atoms. The number of nitrogens with one attached hydrogen (secondary N) is 1. The Morgan fingerprint density at radius 2 is 2.06 bits per heavy atom. The molecule has 0 aliphatic carbocycles. The first-order valence-corrected chi connectivity index (χ1v) is 7.31. The van der Waals surface area contributed by atoms with Crippen molar-refractivity contribution >= 4 is 23.6 Å². The molecule has 0 radical (unpaired) electrons. The van der Waals surface area contributed by atoms with Crippen LogP contribution in [-0.4, -0.2) is 46.8 Å². The SMILES string of the molecule is CCSCC(C)N1C(=O)CNC(=O)C1C(C)C. The van der Waals surface area contributed by atoms with Crippen LogP contribution in [0.25, 0.3) is 0 Å². The van der Waals surface area contributed by atoms with Crippen LogP contribution < -0.4 is 5.32 Å². The summed E-state index contributed by atoms with van der Waals surface area (Å²) in [6.45, 7) is 8.23. The van der Waals surface area contributed by atoms with E-state index in [9.17, 15) is 9.59 Å². The second-order valence-electron chi connectivity index (χ2n) is 4.72. The van der Waals surface area contributed by atoms with E-state index in [-0.39, 0.29) is 36.4 Å². The third-order valence-corrected chi connectivity index (χ3v) is 4.07. The number of hydrogen-bond acceptors (Lipinski definition) is 3. The van der Waals surface area contributed by atoms with E-state index in [2.05, 4.69) is 12.2 Å². The van der Waals surface area contributed by atoms with Gasteiger partial charge in [0.15, 0.2) is 0 Å². The summed E-state index contributed by atoms with van der Waals surface area (Å²) >= 11 is 1.80. The Bertz CT molecular complexity index is 294. The minimum absolute atomic E-state index is 0.0204. The zero-order chi connectivity index (χ0) is 13.0. The lowest BCUT2D eigenvalue weighted by molar-refractivity contribution is -0.149. The minimum atomic E-state index is -0.316. The third-order valence-electron chi connectivity index (χ3n) is 2.94. The first-order chi connectivity index (χ1) is 7.99. The number of rotatable bonds is 5. The molecule has 1 saturated heterocycles. The first kappa shape index (κ1) is 14.4. The first-order valence-electron chi connectivity index (χ1n) is 6.15. The zero-order valence-electron chi connectivity index (χ0n) is 11.0. The van der Waals surface area contributed by atoms with Crippen LogP contribution >= 0.6 is 11.8 Å². The molecular formula is C12H22N2O2S. The molecule has 0 bridgehead atoms. The Labute approximate surface area is 108 Å². The molecule has 1 heterocycles. The third kappa shape index (κ3) is 3.37. The standard InChI is InChI=1S/C12H22N2O2S/c1-5-17-7-9(4)14-10(15)6-13-12(16)11(14)8(2)3/h8-9,11H,5-7H2,1-4H3,(H,13,16). The van der Waals surface area contributed by atoms with Gasteiger partial charge in [-0.25, -0.2) is 0 Å². The summed E-state index contributed by atoms with van der Waals surface area (Å²) in [7, 11) is 0. The topological polar surface area (TPSA) is 49.4 Å². The molecular weight excluding hydrogens is 236 g/mol. The predicted octanol–water partition coefficient (Wildman–Crippen LogP) is 1.11. The van der Waals surface area contributed by atoms with Crippen LogP contribution in [0.3, 0.4) is 0 Å². The van der Waals surface area contributed by atoms with Gasteiger partial charge in [0.05, 0.1) is 6.54 Å². The lowest BCUT2D eigenvalue weighted by atomic mass is 9.98. The molecule has 1 fully saturated rings. The van der Waals surface area contributed by atoms with E-state index in [1.165, 1.54) is 0 Å². The summed E-state index contributed by atoms with van der Waals surface area (Å²) < 4.78 is 0. The largest absolute Gasteiger partial charge is 0.345 e. The van der Waals surface area contributed by atoms with Crippen molar-refractivity contribution in [3.8, 4) is 0 Å². The second-order valence-corrected chi connectivity index (χ2v) is 6.04. The zero-order valence-corrected chi connectivity index (χ0v) is 11.8. The number of carbonyl (C=O) groups excluding carboxylic acids is 2. The summed E-state index contributed by atoms with van der Waals surface area (Å²) in [5.41, 5.74) is 0. The number of hydrogen-bond donors (Lipinski definition) is 1. The van der Waals surface area contributed by atoms with Crippen molar-refractivity contribution in [3.63, 3.8) is 0 Å². The summed E-state index contributed by atoms with van der Waals surface area (Å²) in [4.78, 5) is 25.6. The highest BCUT2D eigenvalue weighted by atomic mass is 32.2. The molecule has 2 unspecified atom stereocenters. The second kappa shape index (κ2) is 6.28. The number of thioether (sulfide) groups is 1. The Morgan fingerprint density at radius 1 is 1.41 bits per heavy atom. The maximum Gasteiger partial charge on any atom is 0.243 e. The molecule has 1 aliphatic heterocycles. The van der Waals surface area contributed by atoms with Gasteiger partial charge in [-0.2, -0.15) is 11.8 Å². The lowest BCUT2D eigenvalue weighted by Crippen LogP contribution is -2.63. The van der Waals surface area contributed by atoms with Gasteiger partial charge in [0.25, 0.3) is 0 Å². The molecule has 2 amide bonds.